The van der Waals surface area contributed by atoms with Gasteiger partial charge < -0.3 is 10.5 Å². The van der Waals surface area contributed by atoms with E-state index in [2.05, 4.69) is 0 Å². The predicted octanol–water partition coefficient (Wildman–Crippen LogP) is 1.28. The molecule has 5 nitrogen and oxygen atoms in total. The quantitative estimate of drug-likeness (QED) is 0.906. The number of sulfonamides is 1. The van der Waals surface area contributed by atoms with Gasteiger partial charge in [-0.2, -0.15) is 16.1 Å². The van der Waals surface area contributed by atoms with E-state index in [0.29, 0.717) is 30.6 Å². The summed E-state index contributed by atoms with van der Waals surface area (Å²) in [5.41, 5.74) is 6.38. The summed E-state index contributed by atoms with van der Waals surface area (Å²) in [5.74, 6) is 1.19. The van der Waals surface area contributed by atoms with Crippen LogP contribution in [0, 0.1) is 0 Å². The Balaban J connectivity index is 2.42. The number of methoxy groups -OCH3 is 1. The number of benzene rings is 1. The molecule has 7 heteroatoms. The molecule has 1 heterocycles. The van der Waals surface area contributed by atoms with E-state index in [1.54, 1.807) is 30.0 Å². The van der Waals surface area contributed by atoms with Crippen LogP contribution in [0.5, 0.6) is 5.75 Å². The summed E-state index contributed by atoms with van der Waals surface area (Å²) in [7, 11) is -2.05. The third-order valence-corrected chi connectivity index (χ3v) is 6.31. The average Bonchev–Trinajstić information content (AvgIpc) is 2.46. The van der Waals surface area contributed by atoms with Crippen LogP contribution in [0.25, 0.3) is 0 Å². The lowest BCUT2D eigenvalue weighted by Crippen LogP contribution is -2.41. The molecule has 1 saturated heterocycles. The van der Waals surface area contributed by atoms with Crippen molar-refractivity contribution in [3.05, 3.63) is 23.8 Å². The van der Waals surface area contributed by atoms with E-state index in [-0.39, 0.29) is 4.90 Å². The van der Waals surface area contributed by atoms with E-state index in [1.807, 2.05) is 6.92 Å². The fourth-order valence-electron chi connectivity index (χ4n) is 2.19. The van der Waals surface area contributed by atoms with Crippen LogP contribution in [-0.2, 0) is 16.6 Å². The predicted molar refractivity (Wildman–Crippen MR) is 81.6 cm³/mol. The molecule has 0 bridgehead atoms. The standard InChI is InChI=1S/C13H20N2O3S2/c1-10-9-15(5-6-19-10)20(16,17)13-7-11(8-14)3-4-12(13)18-2/h3-4,7,10H,5-6,8-9,14H2,1-2H3. The summed E-state index contributed by atoms with van der Waals surface area (Å²) < 4.78 is 32.3. The SMILES string of the molecule is COc1ccc(CN)cc1S(=O)(=O)N1CCSC(C)C1. The zero-order valence-electron chi connectivity index (χ0n) is 11.7. The molecule has 0 aliphatic carbocycles. The number of hydrogen-bond donors (Lipinski definition) is 1. The van der Waals surface area contributed by atoms with Crippen molar-refractivity contribution in [2.45, 2.75) is 23.6 Å². The smallest absolute Gasteiger partial charge is 0.246 e. The van der Waals surface area contributed by atoms with Crippen molar-refractivity contribution in [3.8, 4) is 5.75 Å². The molecule has 20 heavy (non-hydrogen) atoms. The van der Waals surface area contributed by atoms with E-state index in [0.717, 1.165) is 11.3 Å². The highest BCUT2D eigenvalue weighted by Gasteiger charge is 2.31. The minimum atomic E-state index is -3.53. The second-order valence-electron chi connectivity index (χ2n) is 4.73. The zero-order chi connectivity index (χ0) is 14.8. The average molecular weight is 316 g/mol. The molecule has 0 radical (unpaired) electrons. The summed E-state index contributed by atoms with van der Waals surface area (Å²) in [6, 6.07) is 5.06. The summed E-state index contributed by atoms with van der Waals surface area (Å²) in [5, 5.41) is 0.308. The number of ether oxygens (including phenoxy) is 1. The molecule has 1 aliphatic rings. The van der Waals surface area contributed by atoms with Gasteiger partial charge in [-0.3, -0.25) is 0 Å². The Morgan fingerprint density at radius 1 is 1.50 bits per heavy atom. The minimum absolute atomic E-state index is 0.210. The van der Waals surface area contributed by atoms with Crippen LogP contribution in [0.1, 0.15) is 12.5 Å². The van der Waals surface area contributed by atoms with Gasteiger partial charge in [-0.05, 0) is 17.7 Å². The largest absolute Gasteiger partial charge is 0.495 e. The molecule has 1 aliphatic heterocycles. The Kier molecular flexibility index (Phi) is 4.95. The molecule has 1 aromatic carbocycles. The number of hydrogen-bond acceptors (Lipinski definition) is 5. The Morgan fingerprint density at radius 2 is 2.25 bits per heavy atom. The molecule has 2 N–H and O–H groups in total. The topological polar surface area (TPSA) is 72.6 Å². The van der Waals surface area contributed by atoms with Crippen LogP contribution < -0.4 is 10.5 Å². The van der Waals surface area contributed by atoms with Crippen LogP contribution in [0.3, 0.4) is 0 Å². The molecule has 1 aromatic rings. The first-order valence-corrected chi connectivity index (χ1v) is 8.96. The molecular weight excluding hydrogens is 296 g/mol. The lowest BCUT2D eigenvalue weighted by Gasteiger charge is -2.30. The maximum absolute atomic E-state index is 12.8. The van der Waals surface area contributed by atoms with Crippen molar-refractivity contribution >= 4 is 21.8 Å². The number of nitrogens with zero attached hydrogens (tertiary/aromatic N) is 1. The monoisotopic (exact) mass is 316 g/mol. The Hall–Kier alpha value is -0.760. The van der Waals surface area contributed by atoms with E-state index < -0.39 is 10.0 Å². The zero-order valence-corrected chi connectivity index (χ0v) is 13.3. The van der Waals surface area contributed by atoms with Crippen molar-refractivity contribution in [2.24, 2.45) is 5.73 Å². The maximum atomic E-state index is 12.8. The van der Waals surface area contributed by atoms with Gasteiger partial charge in [-0.1, -0.05) is 13.0 Å². The normalized spacial score (nSPS) is 20.9. The number of rotatable bonds is 4. The first-order valence-electron chi connectivity index (χ1n) is 6.47. The first-order chi connectivity index (χ1) is 9.48. The first kappa shape index (κ1) is 15.6. The van der Waals surface area contributed by atoms with E-state index in [4.69, 9.17) is 10.5 Å². The van der Waals surface area contributed by atoms with Gasteiger partial charge in [-0.25, -0.2) is 8.42 Å². The van der Waals surface area contributed by atoms with Gasteiger partial charge in [0.25, 0.3) is 0 Å². The highest BCUT2D eigenvalue weighted by Crippen LogP contribution is 2.30. The van der Waals surface area contributed by atoms with Crippen LogP contribution in [0.2, 0.25) is 0 Å². The van der Waals surface area contributed by atoms with Crippen molar-refractivity contribution in [1.82, 2.24) is 4.31 Å². The van der Waals surface area contributed by atoms with Gasteiger partial charge in [0.2, 0.25) is 10.0 Å². The summed E-state index contributed by atoms with van der Waals surface area (Å²) in [6.07, 6.45) is 0. The third-order valence-electron chi connectivity index (χ3n) is 3.29. The highest BCUT2D eigenvalue weighted by atomic mass is 32.2. The Bertz CT molecular complexity index is 575. The maximum Gasteiger partial charge on any atom is 0.246 e. The Labute approximate surface area is 124 Å². The molecular formula is C13H20N2O3S2. The van der Waals surface area contributed by atoms with Gasteiger partial charge in [0, 0.05) is 30.6 Å². The second-order valence-corrected chi connectivity index (χ2v) is 8.19. The lowest BCUT2D eigenvalue weighted by molar-refractivity contribution is 0.391. The lowest BCUT2D eigenvalue weighted by atomic mass is 10.2. The van der Waals surface area contributed by atoms with Gasteiger partial charge in [0.05, 0.1) is 7.11 Å². The fourth-order valence-corrected chi connectivity index (χ4v) is 5.15. The van der Waals surface area contributed by atoms with Gasteiger partial charge in [0.15, 0.2) is 0 Å². The van der Waals surface area contributed by atoms with Crippen LogP contribution in [0.15, 0.2) is 23.1 Å². The van der Waals surface area contributed by atoms with Crippen molar-refractivity contribution < 1.29 is 13.2 Å². The molecule has 1 atom stereocenters. The van der Waals surface area contributed by atoms with Crippen molar-refractivity contribution in [3.63, 3.8) is 0 Å². The highest BCUT2D eigenvalue weighted by molar-refractivity contribution is 8.00. The molecule has 0 amide bonds. The molecule has 112 valence electrons. The molecule has 1 unspecified atom stereocenters. The van der Waals surface area contributed by atoms with E-state index in [1.165, 1.54) is 11.4 Å². The van der Waals surface area contributed by atoms with Crippen LogP contribution in [-0.4, -0.2) is 43.9 Å². The van der Waals surface area contributed by atoms with Crippen LogP contribution in [0.4, 0.5) is 0 Å². The second kappa shape index (κ2) is 6.34. The number of nitrogens with two attached hydrogens (primary N) is 1. The van der Waals surface area contributed by atoms with Gasteiger partial charge >= 0.3 is 0 Å². The Morgan fingerprint density at radius 3 is 2.85 bits per heavy atom. The van der Waals surface area contributed by atoms with Crippen molar-refractivity contribution in [2.75, 3.05) is 26.0 Å². The van der Waals surface area contributed by atoms with Crippen molar-refractivity contribution in [1.29, 1.82) is 0 Å². The molecule has 1 fully saturated rings. The number of thioether (sulfide) groups is 1. The molecule has 0 aromatic heterocycles. The van der Waals surface area contributed by atoms with E-state index >= 15 is 0 Å². The van der Waals surface area contributed by atoms with Gasteiger partial charge in [0.1, 0.15) is 10.6 Å². The molecule has 2 rings (SSSR count). The minimum Gasteiger partial charge on any atom is -0.495 e. The van der Waals surface area contributed by atoms with E-state index in [9.17, 15) is 8.42 Å². The third kappa shape index (κ3) is 3.11. The summed E-state index contributed by atoms with van der Waals surface area (Å²) >= 11 is 1.79. The summed E-state index contributed by atoms with van der Waals surface area (Å²) in [6.45, 7) is 3.41. The fraction of sp³-hybridized carbons (Fsp3) is 0.538. The molecule has 0 saturated carbocycles. The van der Waals surface area contributed by atoms with Gasteiger partial charge in [-0.15, -0.1) is 0 Å². The summed E-state index contributed by atoms with van der Waals surface area (Å²) in [4.78, 5) is 0.210. The van der Waals surface area contributed by atoms with Crippen LogP contribution >= 0.6 is 11.8 Å². The molecule has 0 spiro atoms.